The second-order valence-corrected chi connectivity index (χ2v) is 4.65. The minimum atomic E-state index is -0.456. The fourth-order valence-corrected chi connectivity index (χ4v) is 1.71. The van der Waals surface area contributed by atoms with Gasteiger partial charge in [-0.1, -0.05) is 32.0 Å². The van der Waals surface area contributed by atoms with Gasteiger partial charge in [-0.05, 0) is 13.0 Å². The standard InChI is InChI=1S/C14H16N2O3/c1-8(2)13(17)15-16-14(18)12-9(3)10-6-4-5-7-11(10)19-12/h4-8H,1-3H3,(H,15,17)(H,16,18). The summed E-state index contributed by atoms with van der Waals surface area (Å²) in [5, 5.41) is 0.892. The number of aryl methyl sites for hydroxylation is 1. The lowest BCUT2D eigenvalue weighted by molar-refractivity contribution is -0.124. The molecule has 0 spiro atoms. The molecule has 0 aliphatic carbocycles. The van der Waals surface area contributed by atoms with Gasteiger partial charge in [-0.15, -0.1) is 0 Å². The minimum absolute atomic E-state index is 0.197. The van der Waals surface area contributed by atoms with Gasteiger partial charge in [0.15, 0.2) is 5.76 Å². The Morgan fingerprint density at radius 2 is 1.84 bits per heavy atom. The zero-order chi connectivity index (χ0) is 14.0. The van der Waals surface area contributed by atoms with Crippen LogP contribution in [0.25, 0.3) is 11.0 Å². The third-order valence-corrected chi connectivity index (χ3v) is 2.87. The van der Waals surface area contributed by atoms with Crippen LogP contribution in [-0.4, -0.2) is 11.8 Å². The number of benzene rings is 1. The van der Waals surface area contributed by atoms with Gasteiger partial charge in [-0.2, -0.15) is 0 Å². The molecule has 2 N–H and O–H groups in total. The molecule has 0 saturated carbocycles. The van der Waals surface area contributed by atoms with Crippen LogP contribution < -0.4 is 10.9 Å². The first-order valence-corrected chi connectivity index (χ1v) is 6.09. The summed E-state index contributed by atoms with van der Waals surface area (Å²) in [5.41, 5.74) is 6.11. The number of hydrogen-bond donors (Lipinski definition) is 2. The smallest absolute Gasteiger partial charge is 0.305 e. The van der Waals surface area contributed by atoms with E-state index in [2.05, 4.69) is 10.9 Å². The quantitative estimate of drug-likeness (QED) is 0.813. The third-order valence-electron chi connectivity index (χ3n) is 2.87. The van der Waals surface area contributed by atoms with Crippen molar-refractivity contribution in [3.8, 4) is 0 Å². The maximum atomic E-state index is 11.9. The van der Waals surface area contributed by atoms with Crippen LogP contribution in [0.5, 0.6) is 0 Å². The first-order valence-electron chi connectivity index (χ1n) is 6.09. The van der Waals surface area contributed by atoms with Crippen LogP contribution in [0, 0.1) is 12.8 Å². The third kappa shape index (κ3) is 2.59. The lowest BCUT2D eigenvalue weighted by Crippen LogP contribution is -2.43. The maximum absolute atomic E-state index is 11.9. The van der Waals surface area contributed by atoms with Crippen molar-refractivity contribution in [3.63, 3.8) is 0 Å². The Balaban J connectivity index is 2.18. The average molecular weight is 260 g/mol. The van der Waals surface area contributed by atoms with E-state index in [4.69, 9.17) is 4.42 Å². The average Bonchev–Trinajstić information content (AvgIpc) is 2.73. The first kappa shape index (κ1) is 13.1. The SMILES string of the molecule is Cc1c(C(=O)NNC(=O)C(C)C)oc2ccccc12. The highest BCUT2D eigenvalue weighted by atomic mass is 16.3. The fraction of sp³-hybridized carbons (Fsp3) is 0.286. The van der Waals surface area contributed by atoms with Crippen molar-refractivity contribution in [2.75, 3.05) is 0 Å². The molecule has 100 valence electrons. The molecule has 0 saturated heterocycles. The molecule has 0 radical (unpaired) electrons. The summed E-state index contributed by atoms with van der Waals surface area (Å²) in [5.74, 6) is -0.688. The monoisotopic (exact) mass is 260 g/mol. The predicted molar refractivity (Wildman–Crippen MR) is 71.4 cm³/mol. The molecule has 0 aliphatic heterocycles. The van der Waals surface area contributed by atoms with Crippen molar-refractivity contribution in [2.24, 2.45) is 5.92 Å². The number of fused-ring (bicyclic) bond motifs is 1. The number of hydrazine groups is 1. The molecule has 1 heterocycles. The summed E-state index contributed by atoms with van der Waals surface area (Å²) in [6.07, 6.45) is 0. The summed E-state index contributed by atoms with van der Waals surface area (Å²) in [6.45, 7) is 5.30. The van der Waals surface area contributed by atoms with E-state index in [1.54, 1.807) is 19.9 Å². The molecule has 1 aromatic carbocycles. The molecule has 0 fully saturated rings. The van der Waals surface area contributed by atoms with Crippen LogP contribution in [0.3, 0.4) is 0 Å². The van der Waals surface area contributed by atoms with Crippen LogP contribution in [0.2, 0.25) is 0 Å². The van der Waals surface area contributed by atoms with E-state index in [-0.39, 0.29) is 17.6 Å². The Labute approximate surface area is 110 Å². The van der Waals surface area contributed by atoms with Gasteiger partial charge in [0.05, 0.1) is 0 Å². The van der Waals surface area contributed by atoms with E-state index in [1.807, 2.05) is 25.1 Å². The highest BCUT2D eigenvalue weighted by Crippen LogP contribution is 2.24. The molecule has 2 aromatic rings. The summed E-state index contributed by atoms with van der Waals surface area (Å²) in [7, 11) is 0. The fourth-order valence-electron chi connectivity index (χ4n) is 1.71. The van der Waals surface area contributed by atoms with Gasteiger partial charge in [-0.3, -0.25) is 20.4 Å². The summed E-state index contributed by atoms with van der Waals surface area (Å²) >= 11 is 0. The summed E-state index contributed by atoms with van der Waals surface area (Å²) in [4.78, 5) is 23.3. The number of rotatable bonds is 2. The zero-order valence-corrected chi connectivity index (χ0v) is 11.1. The number of nitrogens with one attached hydrogen (secondary N) is 2. The van der Waals surface area contributed by atoms with Gasteiger partial charge in [-0.25, -0.2) is 0 Å². The second-order valence-electron chi connectivity index (χ2n) is 4.65. The summed E-state index contributed by atoms with van der Waals surface area (Å²) in [6, 6.07) is 7.41. The molecule has 0 unspecified atom stereocenters. The maximum Gasteiger partial charge on any atom is 0.305 e. The number of furan rings is 1. The van der Waals surface area contributed by atoms with Crippen molar-refractivity contribution < 1.29 is 14.0 Å². The van der Waals surface area contributed by atoms with E-state index in [9.17, 15) is 9.59 Å². The van der Waals surface area contributed by atoms with Crippen LogP contribution in [-0.2, 0) is 4.79 Å². The molecule has 0 aliphatic rings. The molecular formula is C14H16N2O3. The van der Waals surface area contributed by atoms with Crippen molar-refractivity contribution in [2.45, 2.75) is 20.8 Å². The number of para-hydroxylation sites is 1. The van der Waals surface area contributed by atoms with E-state index in [0.29, 0.717) is 5.58 Å². The molecule has 2 amide bonds. The topological polar surface area (TPSA) is 71.3 Å². The van der Waals surface area contributed by atoms with E-state index in [1.165, 1.54) is 0 Å². The van der Waals surface area contributed by atoms with E-state index >= 15 is 0 Å². The van der Waals surface area contributed by atoms with Gasteiger partial charge < -0.3 is 4.42 Å². The molecule has 5 nitrogen and oxygen atoms in total. The molecule has 5 heteroatoms. The number of amides is 2. The van der Waals surface area contributed by atoms with Crippen molar-refractivity contribution in [1.29, 1.82) is 0 Å². The van der Waals surface area contributed by atoms with Gasteiger partial charge in [0.1, 0.15) is 5.58 Å². The van der Waals surface area contributed by atoms with Crippen LogP contribution in [0.4, 0.5) is 0 Å². The Morgan fingerprint density at radius 1 is 1.16 bits per heavy atom. The van der Waals surface area contributed by atoms with Crippen LogP contribution in [0.15, 0.2) is 28.7 Å². The highest BCUT2D eigenvalue weighted by molar-refractivity contribution is 5.99. The lowest BCUT2D eigenvalue weighted by atomic mass is 10.1. The molecule has 19 heavy (non-hydrogen) atoms. The molecule has 2 rings (SSSR count). The van der Waals surface area contributed by atoms with Crippen molar-refractivity contribution in [1.82, 2.24) is 10.9 Å². The normalized spacial score (nSPS) is 10.7. The van der Waals surface area contributed by atoms with Crippen LogP contribution in [0.1, 0.15) is 30.0 Å². The lowest BCUT2D eigenvalue weighted by Gasteiger charge is -2.08. The van der Waals surface area contributed by atoms with Gasteiger partial charge in [0.25, 0.3) is 0 Å². The Bertz CT molecular complexity index is 629. The minimum Gasteiger partial charge on any atom is -0.451 e. The largest absolute Gasteiger partial charge is 0.451 e. The van der Waals surface area contributed by atoms with Gasteiger partial charge in [0.2, 0.25) is 5.91 Å². The molecule has 0 atom stereocenters. The highest BCUT2D eigenvalue weighted by Gasteiger charge is 2.18. The Kier molecular flexibility index (Phi) is 3.55. The van der Waals surface area contributed by atoms with Gasteiger partial charge >= 0.3 is 5.91 Å². The predicted octanol–water partition coefficient (Wildman–Crippen LogP) is 2.16. The Hall–Kier alpha value is -2.30. The number of hydrogen-bond acceptors (Lipinski definition) is 3. The summed E-state index contributed by atoms with van der Waals surface area (Å²) < 4.78 is 5.49. The number of carbonyl (C=O) groups is 2. The zero-order valence-electron chi connectivity index (χ0n) is 11.1. The molecule has 0 bridgehead atoms. The molecule has 1 aromatic heterocycles. The van der Waals surface area contributed by atoms with E-state index in [0.717, 1.165) is 10.9 Å². The Morgan fingerprint density at radius 3 is 2.47 bits per heavy atom. The van der Waals surface area contributed by atoms with Crippen LogP contribution >= 0.6 is 0 Å². The van der Waals surface area contributed by atoms with E-state index < -0.39 is 5.91 Å². The van der Waals surface area contributed by atoms with Gasteiger partial charge in [0, 0.05) is 16.9 Å². The second kappa shape index (κ2) is 5.14. The van der Waals surface area contributed by atoms with Crippen molar-refractivity contribution >= 4 is 22.8 Å². The number of carbonyl (C=O) groups excluding carboxylic acids is 2. The molecular weight excluding hydrogens is 244 g/mol. The van der Waals surface area contributed by atoms with Crippen molar-refractivity contribution in [3.05, 3.63) is 35.6 Å². The first-order chi connectivity index (χ1) is 9.00.